The Morgan fingerprint density at radius 1 is 1.07 bits per heavy atom. The van der Waals surface area contributed by atoms with Crippen molar-refractivity contribution in [3.63, 3.8) is 0 Å². The van der Waals surface area contributed by atoms with Crippen LogP contribution in [0.15, 0.2) is 0 Å². The average molecular weight is 278 g/mol. The molecule has 0 aliphatic carbocycles. The molecule has 0 aliphatic heterocycles. The Hall–Kier alpha value is -0.170. The average Bonchev–Trinajstić information content (AvgIpc) is 1.81. The van der Waals surface area contributed by atoms with Crippen LogP contribution in [0.4, 0.5) is 25.2 Å². The summed E-state index contributed by atoms with van der Waals surface area (Å²) in [4.78, 5) is 0. The third-order valence-electron chi connectivity index (χ3n) is 0.813. The van der Waals surface area contributed by atoms with Crippen LogP contribution in [0, 0.1) is 0 Å². The molecule has 0 unspecified atom stereocenters. The second-order valence-electron chi connectivity index (χ2n) is 2.61. The molecule has 2 nitrogen and oxygen atoms in total. The number of nitrogens with one attached hydrogen (secondary N) is 1. The van der Waals surface area contributed by atoms with Crippen LogP contribution in [-0.4, -0.2) is 37.1 Å². The van der Waals surface area contributed by atoms with Gasteiger partial charge in [-0.15, -0.1) is 0 Å². The van der Waals surface area contributed by atoms with Crippen molar-refractivity contribution in [1.29, 1.82) is 0 Å². The number of hydrogen-bond donors (Lipinski definition) is 1. The standard InChI is InChI=1S/C5H12N2S.F6P/c1-6-5(8-4)7(2)3;1-7(2,3,4,5)6/h1-4H3;/q;-1/p+1. The molecule has 0 amide bonds. The molecule has 0 heterocycles. The van der Waals surface area contributed by atoms with Crippen molar-refractivity contribution in [1.82, 2.24) is 5.32 Å². The van der Waals surface area contributed by atoms with Crippen LogP contribution in [0.25, 0.3) is 0 Å². The van der Waals surface area contributed by atoms with Gasteiger partial charge in [0.25, 0.3) is 0 Å². The Morgan fingerprint density at radius 2 is 1.33 bits per heavy atom. The molecule has 15 heavy (non-hydrogen) atoms. The van der Waals surface area contributed by atoms with Gasteiger partial charge in [0, 0.05) is 0 Å². The number of nitrogens with zero attached hydrogens (tertiary/aromatic N) is 1. The van der Waals surface area contributed by atoms with Gasteiger partial charge in [0.1, 0.15) is 0 Å². The fourth-order valence-electron chi connectivity index (χ4n) is 0.508. The minimum absolute atomic E-state index is 1.19. The summed E-state index contributed by atoms with van der Waals surface area (Å²) in [6.07, 6.45) is 2.05. The summed E-state index contributed by atoms with van der Waals surface area (Å²) < 4.78 is 61.2. The number of thioether (sulfide) groups is 1. The van der Waals surface area contributed by atoms with E-state index in [-0.39, 0.29) is 0 Å². The molecular weight excluding hydrogens is 265 g/mol. The van der Waals surface area contributed by atoms with E-state index in [4.69, 9.17) is 0 Å². The molecule has 1 N–H and O–H groups in total. The zero-order chi connectivity index (χ0) is 13.0. The Labute approximate surface area is 88.0 Å². The summed E-state index contributed by atoms with van der Waals surface area (Å²) in [7, 11) is -4.70. The monoisotopic (exact) mass is 278 g/mol. The van der Waals surface area contributed by atoms with E-state index < -0.39 is 7.81 Å². The molecule has 0 aromatic rings. The van der Waals surface area contributed by atoms with Crippen LogP contribution in [-0.2, 0) is 0 Å². The predicted molar refractivity (Wildman–Crippen MR) is 53.3 cm³/mol. The topological polar surface area (TPSA) is 15.0 Å². The van der Waals surface area contributed by atoms with Crippen molar-refractivity contribution in [2.24, 2.45) is 0 Å². The maximum atomic E-state index is 9.87. The molecule has 0 aromatic carbocycles. The van der Waals surface area contributed by atoms with E-state index in [0.29, 0.717) is 0 Å². The van der Waals surface area contributed by atoms with E-state index in [0.717, 1.165) is 0 Å². The summed E-state index contributed by atoms with van der Waals surface area (Å²) in [5.41, 5.74) is 0. The predicted octanol–water partition coefficient (Wildman–Crippen LogP) is 3.58. The zero-order valence-electron chi connectivity index (χ0n) is 8.57. The SMILES string of the molecule is CNC(SC)=[N+](C)C.F[P-](F)(F)(F)(F)F. The molecule has 0 rings (SSSR count). The molecule has 0 spiro atoms. The van der Waals surface area contributed by atoms with Crippen molar-refractivity contribution >= 4 is 24.7 Å². The van der Waals surface area contributed by atoms with E-state index in [9.17, 15) is 25.2 Å². The summed E-state index contributed by atoms with van der Waals surface area (Å²) in [5.74, 6) is 0. The van der Waals surface area contributed by atoms with Gasteiger partial charge in [-0.3, -0.25) is 9.89 Å². The molecule has 0 aliphatic rings. The number of halogens is 6. The molecule has 0 saturated heterocycles. The molecule has 0 saturated carbocycles. The van der Waals surface area contributed by atoms with Crippen LogP contribution >= 0.6 is 19.6 Å². The first-order chi connectivity index (χ1) is 6.17. The van der Waals surface area contributed by atoms with Crippen molar-refractivity contribution in [3.8, 4) is 0 Å². The number of rotatable bonds is 0. The molecule has 0 bridgehead atoms. The normalized spacial score (nSPS) is 15.3. The first kappa shape index (κ1) is 17.2. The van der Waals surface area contributed by atoms with E-state index >= 15 is 0 Å². The van der Waals surface area contributed by atoms with Crippen LogP contribution < -0.4 is 5.32 Å². The molecule has 0 fully saturated rings. The summed E-state index contributed by atoms with van der Waals surface area (Å²) in [6.45, 7) is 0. The molecule has 0 radical (unpaired) electrons. The molecule has 10 heteroatoms. The van der Waals surface area contributed by atoms with E-state index in [2.05, 4.69) is 5.32 Å². The second-order valence-corrected chi connectivity index (χ2v) is 5.32. The van der Waals surface area contributed by atoms with Gasteiger partial charge in [0.05, 0.1) is 21.1 Å². The number of hydrogen-bond acceptors (Lipinski definition) is 1. The maximum absolute atomic E-state index is 10.7. The summed E-state index contributed by atoms with van der Waals surface area (Å²) in [6, 6.07) is 0. The van der Waals surface area contributed by atoms with E-state index in [1.807, 2.05) is 32.0 Å². The van der Waals surface area contributed by atoms with Crippen LogP contribution in [0.2, 0.25) is 0 Å². The van der Waals surface area contributed by atoms with Crippen LogP contribution in [0.1, 0.15) is 0 Å². The van der Waals surface area contributed by atoms with Gasteiger partial charge in [-0.05, 0) is 18.0 Å². The zero-order valence-corrected chi connectivity index (χ0v) is 10.3. The fraction of sp³-hybridized carbons (Fsp3) is 0.800. The van der Waals surface area contributed by atoms with Gasteiger partial charge in [0.15, 0.2) is 0 Å². The van der Waals surface area contributed by atoms with Crippen LogP contribution in [0.5, 0.6) is 0 Å². The first-order valence-electron chi connectivity index (χ1n) is 3.49. The Bertz CT molecular complexity index is 222. The van der Waals surface area contributed by atoms with Crippen LogP contribution in [0.3, 0.4) is 0 Å². The molecular formula is C5H13F6N2PS. The van der Waals surface area contributed by atoms with Gasteiger partial charge >= 0.3 is 38.2 Å². The molecule has 96 valence electrons. The van der Waals surface area contributed by atoms with E-state index in [1.54, 1.807) is 11.8 Å². The third-order valence-corrected chi connectivity index (χ3v) is 1.77. The molecule has 0 aromatic heterocycles. The minimum atomic E-state index is -10.7. The second kappa shape index (κ2) is 4.37. The quantitative estimate of drug-likeness (QED) is 0.239. The summed E-state index contributed by atoms with van der Waals surface area (Å²) >= 11 is 1.71. The molecule has 0 atom stereocenters. The van der Waals surface area contributed by atoms with Gasteiger partial charge in [-0.1, -0.05) is 0 Å². The van der Waals surface area contributed by atoms with Gasteiger partial charge in [-0.25, -0.2) is 0 Å². The van der Waals surface area contributed by atoms with Crippen molar-refractivity contribution in [2.45, 2.75) is 0 Å². The number of amidine groups is 1. The fourth-order valence-corrected chi connectivity index (χ4v) is 1.08. The van der Waals surface area contributed by atoms with Gasteiger partial charge in [0.2, 0.25) is 0 Å². The third kappa shape index (κ3) is 31.6. The van der Waals surface area contributed by atoms with Gasteiger partial charge in [-0.2, -0.15) is 0 Å². The Balaban J connectivity index is 0. The summed E-state index contributed by atoms with van der Waals surface area (Å²) in [5, 5.41) is 4.24. The van der Waals surface area contributed by atoms with Crippen molar-refractivity contribution < 1.29 is 29.8 Å². The first-order valence-corrected chi connectivity index (χ1v) is 6.75. The Morgan fingerprint density at radius 3 is 1.33 bits per heavy atom. The van der Waals surface area contributed by atoms with E-state index in [1.165, 1.54) is 5.17 Å². The van der Waals surface area contributed by atoms with Crippen molar-refractivity contribution in [3.05, 3.63) is 0 Å². The Kier molecular flexibility index (Phi) is 5.02. The van der Waals surface area contributed by atoms with Gasteiger partial charge < -0.3 is 0 Å². The van der Waals surface area contributed by atoms with Crippen molar-refractivity contribution in [2.75, 3.05) is 27.4 Å².